The number of rotatable bonds is 1. The Kier molecular flexibility index (Phi) is 2.49. The molecule has 1 aliphatic rings. The zero-order valence-electron chi connectivity index (χ0n) is 9.60. The van der Waals surface area contributed by atoms with Gasteiger partial charge >= 0.3 is 0 Å². The van der Waals surface area contributed by atoms with E-state index in [1.165, 1.54) is 0 Å². The van der Waals surface area contributed by atoms with Crippen LogP contribution in [-0.2, 0) is 0 Å². The van der Waals surface area contributed by atoms with Crippen molar-refractivity contribution in [1.82, 2.24) is 14.3 Å². The summed E-state index contributed by atoms with van der Waals surface area (Å²) in [7, 11) is 2.11. The topological polar surface area (TPSA) is 40.8 Å². The first-order valence-electron chi connectivity index (χ1n) is 5.70. The Hall–Kier alpha value is -1.26. The smallest absolute Gasteiger partial charge is 0.155 e. The number of likely N-dealkylation sites (tertiary alicyclic amines) is 1. The van der Waals surface area contributed by atoms with Crippen molar-refractivity contribution >= 4 is 17.1 Å². The number of hydrogen-bond donors (Lipinski definition) is 1. The molecule has 2 aromatic rings. The van der Waals surface area contributed by atoms with Gasteiger partial charge in [0, 0.05) is 12.5 Å². The summed E-state index contributed by atoms with van der Waals surface area (Å²) in [5, 5.41) is 10.1. The standard InChI is InChI=1S/C12H14ClN3O/c1-15-5-4-8(6-15)12-14-11(13)10-3-2-9(17)7-16(10)12/h2-3,7-8,17H,4-6H2,1H3. The molecule has 0 spiro atoms. The molecule has 5 heteroatoms. The second-order valence-corrected chi connectivity index (χ2v) is 5.01. The van der Waals surface area contributed by atoms with Crippen LogP contribution < -0.4 is 0 Å². The molecule has 0 radical (unpaired) electrons. The maximum atomic E-state index is 9.56. The molecule has 0 aromatic carbocycles. The first-order valence-corrected chi connectivity index (χ1v) is 6.08. The van der Waals surface area contributed by atoms with Gasteiger partial charge in [-0.15, -0.1) is 0 Å². The van der Waals surface area contributed by atoms with Gasteiger partial charge in [0.05, 0.1) is 11.7 Å². The first-order chi connectivity index (χ1) is 8.15. The normalized spacial score (nSPS) is 21.4. The number of halogens is 1. The van der Waals surface area contributed by atoms with Crippen LogP contribution >= 0.6 is 11.6 Å². The van der Waals surface area contributed by atoms with Gasteiger partial charge in [0.15, 0.2) is 5.15 Å². The summed E-state index contributed by atoms with van der Waals surface area (Å²) in [6, 6.07) is 3.43. The van der Waals surface area contributed by atoms with Crippen LogP contribution in [0.2, 0.25) is 5.15 Å². The second-order valence-electron chi connectivity index (χ2n) is 4.65. The van der Waals surface area contributed by atoms with Crippen LogP contribution in [-0.4, -0.2) is 39.5 Å². The van der Waals surface area contributed by atoms with Crippen molar-refractivity contribution in [1.29, 1.82) is 0 Å². The molecule has 0 bridgehead atoms. The van der Waals surface area contributed by atoms with Crippen molar-refractivity contribution in [3.8, 4) is 5.75 Å². The van der Waals surface area contributed by atoms with Crippen molar-refractivity contribution in [2.75, 3.05) is 20.1 Å². The fraction of sp³-hybridized carbons (Fsp3) is 0.417. The summed E-state index contributed by atoms with van der Waals surface area (Å²) in [4.78, 5) is 6.72. The third-order valence-electron chi connectivity index (χ3n) is 3.36. The lowest BCUT2D eigenvalue weighted by atomic mass is 10.1. The van der Waals surface area contributed by atoms with E-state index in [9.17, 15) is 5.11 Å². The fourth-order valence-corrected chi connectivity index (χ4v) is 2.73. The molecule has 0 amide bonds. The Morgan fingerprint density at radius 2 is 2.29 bits per heavy atom. The maximum Gasteiger partial charge on any atom is 0.155 e. The van der Waals surface area contributed by atoms with Gasteiger partial charge in [-0.2, -0.15) is 0 Å². The Bertz CT molecular complexity index is 566. The lowest BCUT2D eigenvalue weighted by molar-refractivity contribution is 0.409. The molecule has 1 atom stereocenters. The van der Waals surface area contributed by atoms with E-state index >= 15 is 0 Å². The van der Waals surface area contributed by atoms with E-state index < -0.39 is 0 Å². The Balaban J connectivity index is 2.13. The van der Waals surface area contributed by atoms with E-state index in [2.05, 4.69) is 16.9 Å². The monoisotopic (exact) mass is 251 g/mol. The molecule has 1 saturated heterocycles. The van der Waals surface area contributed by atoms with Gasteiger partial charge in [-0.3, -0.25) is 4.40 Å². The summed E-state index contributed by atoms with van der Waals surface area (Å²) in [5.41, 5.74) is 0.856. The zero-order chi connectivity index (χ0) is 12.0. The molecule has 1 aliphatic heterocycles. The third-order valence-corrected chi connectivity index (χ3v) is 3.64. The molecule has 1 fully saturated rings. The summed E-state index contributed by atoms with van der Waals surface area (Å²) in [6.45, 7) is 2.07. The molecule has 3 heterocycles. The maximum absolute atomic E-state index is 9.56. The van der Waals surface area contributed by atoms with Gasteiger partial charge in [-0.05, 0) is 32.1 Å². The summed E-state index contributed by atoms with van der Waals surface area (Å²) in [6.07, 6.45) is 2.77. The first kappa shape index (κ1) is 10.9. The van der Waals surface area contributed by atoms with Gasteiger partial charge in [-0.25, -0.2) is 4.98 Å². The molecule has 90 valence electrons. The molecular weight excluding hydrogens is 238 g/mol. The molecule has 1 unspecified atom stereocenters. The Morgan fingerprint density at radius 1 is 1.47 bits per heavy atom. The molecule has 3 rings (SSSR count). The highest BCUT2D eigenvalue weighted by atomic mass is 35.5. The molecule has 17 heavy (non-hydrogen) atoms. The number of aromatic nitrogens is 2. The summed E-state index contributed by atoms with van der Waals surface area (Å²) in [5.74, 6) is 1.58. The average Bonchev–Trinajstić information content (AvgIpc) is 2.83. The lowest BCUT2D eigenvalue weighted by Crippen LogP contribution is -2.14. The highest BCUT2D eigenvalue weighted by Crippen LogP contribution is 2.30. The van der Waals surface area contributed by atoms with Gasteiger partial charge in [-0.1, -0.05) is 11.6 Å². The van der Waals surface area contributed by atoms with Gasteiger partial charge < -0.3 is 10.0 Å². The summed E-state index contributed by atoms with van der Waals surface area (Å²) < 4.78 is 1.90. The molecule has 1 N–H and O–H groups in total. The van der Waals surface area contributed by atoms with E-state index in [0.29, 0.717) is 11.1 Å². The highest BCUT2D eigenvalue weighted by molar-refractivity contribution is 6.32. The van der Waals surface area contributed by atoms with Crippen LogP contribution in [0.15, 0.2) is 18.3 Å². The van der Waals surface area contributed by atoms with Crippen LogP contribution in [0.5, 0.6) is 5.75 Å². The molecular formula is C12H14ClN3O. The van der Waals surface area contributed by atoms with E-state index in [-0.39, 0.29) is 5.75 Å². The van der Waals surface area contributed by atoms with Gasteiger partial charge in [0.1, 0.15) is 11.6 Å². The molecule has 0 saturated carbocycles. The number of likely N-dealkylation sites (N-methyl/N-ethyl adjacent to an activating group) is 1. The summed E-state index contributed by atoms with van der Waals surface area (Å²) >= 11 is 6.12. The molecule has 0 aliphatic carbocycles. The van der Waals surface area contributed by atoms with Crippen molar-refractivity contribution in [2.24, 2.45) is 0 Å². The van der Waals surface area contributed by atoms with E-state index in [0.717, 1.165) is 30.9 Å². The largest absolute Gasteiger partial charge is 0.506 e. The predicted octanol–water partition coefficient (Wildman–Crippen LogP) is 2.11. The number of hydrogen-bond acceptors (Lipinski definition) is 3. The van der Waals surface area contributed by atoms with Crippen molar-refractivity contribution < 1.29 is 5.11 Å². The predicted molar refractivity (Wildman–Crippen MR) is 66.7 cm³/mol. The van der Waals surface area contributed by atoms with E-state index in [1.807, 2.05) is 4.40 Å². The van der Waals surface area contributed by atoms with E-state index in [1.54, 1.807) is 18.3 Å². The Morgan fingerprint density at radius 3 is 3.00 bits per heavy atom. The fourth-order valence-electron chi connectivity index (χ4n) is 2.49. The van der Waals surface area contributed by atoms with Crippen LogP contribution in [0.3, 0.4) is 0 Å². The lowest BCUT2D eigenvalue weighted by Gasteiger charge is -2.09. The zero-order valence-corrected chi connectivity index (χ0v) is 10.4. The second kappa shape index (κ2) is 3.89. The van der Waals surface area contributed by atoms with E-state index in [4.69, 9.17) is 11.6 Å². The van der Waals surface area contributed by atoms with Gasteiger partial charge in [0.25, 0.3) is 0 Å². The number of aromatic hydroxyl groups is 1. The molecule has 4 nitrogen and oxygen atoms in total. The number of fused-ring (bicyclic) bond motifs is 1. The number of nitrogens with zero attached hydrogens (tertiary/aromatic N) is 3. The van der Waals surface area contributed by atoms with Crippen LogP contribution in [0, 0.1) is 0 Å². The minimum Gasteiger partial charge on any atom is -0.506 e. The van der Waals surface area contributed by atoms with Crippen LogP contribution in [0.25, 0.3) is 5.52 Å². The SMILES string of the molecule is CN1CCC(c2nc(Cl)c3ccc(O)cn23)C1. The van der Waals surface area contributed by atoms with Crippen molar-refractivity contribution in [2.45, 2.75) is 12.3 Å². The van der Waals surface area contributed by atoms with Crippen LogP contribution in [0.4, 0.5) is 0 Å². The minimum atomic E-state index is 0.235. The Labute approximate surface area is 104 Å². The van der Waals surface area contributed by atoms with Crippen LogP contribution in [0.1, 0.15) is 18.2 Å². The molecule has 2 aromatic heterocycles. The quantitative estimate of drug-likeness (QED) is 0.844. The number of pyridine rings is 1. The minimum absolute atomic E-state index is 0.235. The number of imidazole rings is 1. The van der Waals surface area contributed by atoms with Crippen molar-refractivity contribution in [3.05, 3.63) is 29.3 Å². The van der Waals surface area contributed by atoms with Gasteiger partial charge in [0.2, 0.25) is 0 Å². The highest BCUT2D eigenvalue weighted by Gasteiger charge is 2.25. The average molecular weight is 252 g/mol. The third kappa shape index (κ3) is 1.77. The van der Waals surface area contributed by atoms with Crippen molar-refractivity contribution in [3.63, 3.8) is 0 Å².